The molecule has 0 aliphatic carbocycles. The summed E-state index contributed by atoms with van der Waals surface area (Å²) < 4.78 is 5.06. The number of carboxylic acid groups (broad SMARTS) is 1. The van der Waals surface area contributed by atoms with E-state index in [0.717, 1.165) is 11.4 Å². The van der Waals surface area contributed by atoms with Crippen LogP contribution in [-0.4, -0.2) is 53.7 Å². The van der Waals surface area contributed by atoms with E-state index in [1.54, 1.807) is 24.1 Å². The lowest BCUT2D eigenvalue weighted by atomic mass is 9.77. The zero-order valence-electron chi connectivity index (χ0n) is 14.0. The molecule has 1 N–H and O–H groups in total. The van der Waals surface area contributed by atoms with Gasteiger partial charge in [0.2, 0.25) is 0 Å². The summed E-state index contributed by atoms with van der Waals surface area (Å²) in [6, 6.07) is 3.50. The summed E-state index contributed by atoms with van der Waals surface area (Å²) in [5.41, 5.74) is 1.23. The minimum atomic E-state index is -0.916. The summed E-state index contributed by atoms with van der Waals surface area (Å²) >= 11 is 0. The van der Waals surface area contributed by atoms with Gasteiger partial charge in [-0.15, -0.1) is 0 Å². The number of nitrogens with zero attached hydrogens (tertiary/aromatic N) is 2. The van der Waals surface area contributed by atoms with Crippen molar-refractivity contribution in [3.8, 4) is 0 Å². The molecule has 2 heterocycles. The van der Waals surface area contributed by atoms with Crippen LogP contribution in [0.5, 0.6) is 0 Å². The molecule has 1 aliphatic rings. The van der Waals surface area contributed by atoms with E-state index in [4.69, 9.17) is 4.74 Å². The van der Waals surface area contributed by atoms with Gasteiger partial charge in [-0.3, -0.25) is 14.6 Å². The van der Waals surface area contributed by atoms with Gasteiger partial charge in [0.15, 0.2) is 0 Å². The van der Waals surface area contributed by atoms with Crippen LogP contribution in [0.3, 0.4) is 0 Å². The average molecular weight is 320 g/mol. The smallest absolute Gasteiger partial charge is 0.311 e. The van der Waals surface area contributed by atoms with Crippen molar-refractivity contribution in [2.24, 2.45) is 5.41 Å². The van der Waals surface area contributed by atoms with E-state index >= 15 is 0 Å². The summed E-state index contributed by atoms with van der Waals surface area (Å²) in [7, 11) is 1.56. The Labute approximate surface area is 136 Å². The number of aliphatic carboxylic acids is 1. The second-order valence-corrected chi connectivity index (χ2v) is 6.30. The van der Waals surface area contributed by atoms with Gasteiger partial charge in [-0.05, 0) is 45.2 Å². The highest BCUT2D eigenvalue weighted by Crippen LogP contribution is 2.34. The van der Waals surface area contributed by atoms with Gasteiger partial charge >= 0.3 is 5.97 Å². The van der Waals surface area contributed by atoms with Crippen LogP contribution in [0.4, 0.5) is 0 Å². The maximum absolute atomic E-state index is 12.8. The van der Waals surface area contributed by atoms with Crippen LogP contribution in [0.25, 0.3) is 0 Å². The molecule has 0 spiro atoms. The van der Waals surface area contributed by atoms with Crippen LogP contribution in [0.2, 0.25) is 0 Å². The van der Waals surface area contributed by atoms with Crippen LogP contribution >= 0.6 is 0 Å². The number of rotatable bonds is 5. The first-order valence-electron chi connectivity index (χ1n) is 7.85. The number of ether oxygens (including phenoxy) is 1. The van der Waals surface area contributed by atoms with Gasteiger partial charge in [-0.1, -0.05) is 0 Å². The second kappa shape index (κ2) is 7.08. The van der Waals surface area contributed by atoms with Crippen molar-refractivity contribution >= 4 is 11.9 Å². The molecule has 0 bridgehead atoms. The average Bonchev–Trinajstić information content (AvgIpc) is 2.51. The number of hydrogen-bond acceptors (Lipinski definition) is 4. The molecule has 1 aromatic rings. The van der Waals surface area contributed by atoms with Gasteiger partial charge in [0.1, 0.15) is 0 Å². The predicted molar refractivity (Wildman–Crippen MR) is 85.4 cm³/mol. The number of likely N-dealkylation sites (tertiary alicyclic amines) is 1. The monoisotopic (exact) mass is 320 g/mol. The van der Waals surface area contributed by atoms with Crippen LogP contribution < -0.4 is 0 Å². The van der Waals surface area contributed by atoms with Gasteiger partial charge in [-0.2, -0.15) is 0 Å². The van der Waals surface area contributed by atoms with Crippen molar-refractivity contribution < 1.29 is 19.4 Å². The van der Waals surface area contributed by atoms with Crippen molar-refractivity contribution in [1.29, 1.82) is 0 Å². The van der Waals surface area contributed by atoms with Gasteiger partial charge in [0, 0.05) is 43.8 Å². The molecule has 0 saturated carbocycles. The van der Waals surface area contributed by atoms with Crippen molar-refractivity contribution in [2.75, 3.05) is 26.8 Å². The summed E-state index contributed by atoms with van der Waals surface area (Å²) in [5, 5.41) is 9.67. The fourth-order valence-corrected chi connectivity index (χ4v) is 3.23. The van der Waals surface area contributed by atoms with Gasteiger partial charge < -0.3 is 14.7 Å². The number of hydrogen-bond donors (Lipinski definition) is 1. The van der Waals surface area contributed by atoms with Crippen LogP contribution in [-0.2, 0) is 9.53 Å². The lowest BCUT2D eigenvalue weighted by Crippen LogP contribution is -2.50. The zero-order chi connectivity index (χ0) is 17.0. The lowest BCUT2D eigenvalue weighted by molar-refractivity contribution is -0.153. The SMILES string of the molecule is COCCC1(C(=O)O)CCCN(C(=O)c2cc(C)nc(C)c2)C1. The third-order valence-corrected chi connectivity index (χ3v) is 4.43. The number of carbonyl (C=O) groups excluding carboxylic acids is 1. The topological polar surface area (TPSA) is 79.7 Å². The van der Waals surface area contributed by atoms with Gasteiger partial charge in [0.25, 0.3) is 5.91 Å². The van der Waals surface area contributed by atoms with Crippen molar-refractivity contribution in [2.45, 2.75) is 33.1 Å². The number of methoxy groups -OCH3 is 1. The first-order valence-corrected chi connectivity index (χ1v) is 7.85. The molecule has 2 rings (SSSR count). The van der Waals surface area contributed by atoms with E-state index in [9.17, 15) is 14.7 Å². The molecule has 1 fully saturated rings. The molecule has 6 nitrogen and oxygen atoms in total. The molecule has 6 heteroatoms. The second-order valence-electron chi connectivity index (χ2n) is 6.30. The summed E-state index contributed by atoms with van der Waals surface area (Å²) in [6.45, 7) is 4.88. The third kappa shape index (κ3) is 3.88. The highest BCUT2D eigenvalue weighted by Gasteiger charge is 2.43. The van der Waals surface area contributed by atoms with Crippen LogP contribution in [0, 0.1) is 19.3 Å². The number of aromatic nitrogens is 1. The standard InChI is InChI=1S/C17H24N2O4/c1-12-9-14(10-13(2)18-12)15(20)19-7-4-5-17(11-19,16(21)22)6-8-23-3/h9-10H,4-8,11H2,1-3H3,(H,21,22). The van der Waals surface area contributed by atoms with Gasteiger partial charge in [0.05, 0.1) is 5.41 Å². The van der Waals surface area contributed by atoms with E-state index in [2.05, 4.69) is 4.98 Å². The number of aryl methyl sites for hydroxylation is 2. The molecular formula is C17H24N2O4. The summed E-state index contributed by atoms with van der Waals surface area (Å²) in [5.74, 6) is -0.976. The molecular weight excluding hydrogens is 296 g/mol. The highest BCUT2D eigenvalue weighted by atomic mass is 16.5. The number of amides is 1. The molecule has 1 saturated heterocycles. The normalized spacial score (nSPS) is 21.3. The molecule has 1 atom stereocenters. The third-order valence-electron chi connectivity index (χ3n) is 4.43. The number of carbonyl (C=O) groups is 2. The summed E-state index contributed by atoms with van der Waals surface area (Å²) in [6.07, 6.45) is 1.67. The minimum absolute atomic E-state index is 0.124. The van der Waals surface area contributed by atoms with Crippen LogP contribution in [0.1, 0.15) is 41.0 Å². The van der Waals surface area contributed by atoms with E-state index in [1.165, 1.54) is 0 Å². The van der Waals surface area contributed by atoms with Crippen molar-refractivity contribution in [3.05, 3.63) is 29.1 Å². The van der Waals surface area contributed by atoms with E-state index in [1.807, 2.05) is 13.8 Å². The Morgan fingerprint density at radius 3 is 2.57 bits per heavy atom. The maximum Gasteiger partial charge on any atom is 0.311 e. The number of piperidine rings is 1. The Morgan fingerprint density at radius 2 is 2.00 bits per heavy atom. The van der Waals surface area contributed by atoms with E-state index in [-0.39, 0.29) is 12.5 Å². The first kappa shape index (κ1) is 17.4. The Hall–Kier alpha value is -1.95. The number of pyridine rings is 1. The quantitative estimate of drug-likeness (QED) is 0.898. The summed E-state index contributed by atoms with van der Waals surface area (Å²) in [4.78, 5) is 30.5. The lowest BCUT2D eigenvalue weighted by Gasteiger charge is -2.40. The van der Waals surface area contributed by atoms with E-state index in [0.29, 0.717) is 38.0 Å². The first-order chi connectivity index (χ1) is 10.9. The molecule has 1 aromatic heterocycles. The maximum atomic E-state index is 12.8. The van der Waals surface area contributed by atoms with E-state index < -0.39 is 11.4 Å². The predicted octanol–water partition coefficient (Wildman–Crippen LogP) is 2.04. The molecule has 23 heavy (non-hydrogen) atoms. The molecule has 1 aliphatic heterocycles. The zero-order valence-corrected chi connectivity index (χ0v) is 14.0. The highest BCUT2D eigenvalue weighted by molar-refractivity contribution is 5.95. The Kier molecular flexibility index (Phi) is 5.36. The van der Waals surface area contributed by atoms with Crippen molar-refractivity contribution in [1.82, 2.24) is 9.88 Å². The molecule has 126 valence electrons. The number of carboxylic acids is 1. The Morgan fingerprint density at radius 1 is 1.35 bits per heavy atom. The van der Waals surface area contributed by atoms with Crippen LogP contribution in [0.15, 0.2) is 12.1 Å². The molecule has 1 unspecified atom stereocenters. The Balaban J connectivity index is 2.22. The van der Waals surface area contributed by atoms with Crippen molar-refractivity contribution in [3.63, 3.8) is 0 Å². The molecule has 0 radical (unpaired) electrons. The largest absolute Gasteiger partial charge is 0.481 e. The fraction of sp³-hybridized carbons (Fsp3) is 0.588. The minimum Gasteiger partial charge on any atom is -0.481 e. The van der Waals surface area contributed by atoms with Gasteiger partial charge in [-0.25, -0.2) is 0 Å². The Bertz CT molecular complexity index is 582. The fourth-order valence-electron chi connectivity index (χ4n) is 3.23. The molecule has 0 aromatic carbocycles. The molecule has 1 amide bonds.